The van der Waals surface area contributed by atoms with Gasteiger partial charge in [0, 0.05) is 6.20 Å². The minimum Gasteiger partial charge on any atom is -0.255 e. The van der Waals surface area contributed by atoms with Crippen molar-refractivity contribution < 1.29 is 8.42 Å². The molecule has 0 radical (unpaired) electrons. The highest BCUT2D eigenvalue weighted by molar-refractivity contribution is 7.93. The van der Waals surface area contributed by atoms with Crippen molar-refractivity contribution in [2.45, 2.75) is 4.90 Å². The van der Waals surface area contributed by atoms with Crippen LogP contribution in [0.15, 0.2) is 47.5 Å². The molecular formula is C13H8N4O2S2. The maximum Gasteiger partial charge on any atom is 0.265 e. The van der Waals surface area contributed by atoms with E-state index in [1.54, 1.807) is 0 Å². The first kappa shape index (κ1) is 13.5. The standard InChI is InChI=1S/C13H8N4O2S2/c14-7-9-5-6-10(8-15-9)21(18,19)17-13-16-11-3-1-2-4-12(11)20-13/h1-6,8H,(H,16,17). The first-order chi connectivity index (χ1) is 10.1. The zero-order chi connectivity index (χ0) is 14.9. The first-order valence-corrected chi connectivity index (χ1v) is 8.13. The molecule has 6 nitrogen and oxygen atoms in total. The molecular weight excluding hydrogens is 308 g/mol. The van der Waals surface area contributed by atoms with Crippen LogP contribution in [0.1, 0.15) is 5.69 Å². The Labute approximate surface area is 124 Å². The summed E-state index contributed by atoms with van der Waals surface area (Å²) < 4.78 is 27.7. The Balaban J connectivity index is 1.93. The van der Waals surface area contributed by atoms with E-state index in [-0.39, 0.29) is 10.6 Å². The highest BCUT2D eigenvalue weighted by Crippen LogP contribution is 2.27. The zero-order valence-electron chi connectivity index (χ0n) is 10.5. The largest absolute Gasteiger partial charge is 0.265 e. The van der Waals surface area contributed by atoms with Gasteiger partial charge in [0.1, 0.15) is 16.7 Å². The third-order valence-electron chi connectivity index (χ3n) is 2.68. The van der Waals surface area contributed by atoms with Crippen molar-refractivity contribution in [3.63, 3.8) is 0 Å². The molecule has 0 atom stereocenters. The van der Waals surface area contributed by atoms with Crippen LogP contribution in [-0.2, 0) is 10.0 Å². The molecule has 0 bridgehead atoms. The Kier molecular flexibility index (Phi) is 3.29. The second-order valence-electron chi connectivity index (χ2n) is 4.08. The van der Waals surface area contributed by atoms with Gasteiger partial charge >= 0.3 is 0 Å². The van der Waals surface area contributed by atoms with Crippen molar-refractivity contribution in [3.05, 3.63) is 48.3 Å². The minimum atomic E-state index is -3.76. The molecule has 0 saturated heterocycles. The molecule has 1 N–H and O–H groups in total. The molecule has 0 amide bonds. The van der Waals surface area contributed by atoms with Gasteiger partial charge in [-0.1, -0.05) is 23.5 Å². The van der Waals surface area contributed by atoms with E-state index in [1.165, 1.54) is 23.5 Å². The number of benzene rings is 1. The average molecular weight is 316 g/mol. The molecule has 104 valence electrons. The van der Waals surface area contributed by atoms with E-state index in [9.17, 15) is 8.42 Å². The fourth-order valence-electron chi connectivity index (χ4n) is 1.70. The number of sulfonamides is 1. The number of anilines is 1. The monoisotopic (exact) mass is 316 g/mol. The number of fused-ring (bicyclic) bond motifs is 1. The smallest absolute Gasteiger partial charge is 0.255 e. The lowest BCUT2D eigenvalue weighted by Crippen LogP contribution is -2.13. The maximum atomic E-state index is 12.2. The van der Waals surface area contributed by atoms with Crippen molar-refractivity contribution in [2.24, 2.45) is 0 Å². The van der Waals surface area contributed by atoms with Crippen molar-refractivity contribution in [2.75, 3.05) is 4.72 Å². The lowest BCUT2D eigenvalue weighted by molar-refractivity contribution is 0.601. The number of nitrogens with zero attached hydrogens (tertiary/aromatic N) is 3. The summed E-state index contributed by atoms with van der Waals surface area (Å²) in [7, 11) is -3.76. The van der Waals surface area contributed by atoms with Gasteiger partial charge in [-0.05, 0) is 24.3 Å². The number of nitrogens with one attached hydrogen (secondary N) is 1. The highest BCUT2D eigenvalue weighted by atomic mass is 32.2. The lowest BCUT2D eigenvalue weighted by atomic mass is 10.3. The highest BCUT2D eigenvalue weighted by Gasteiger charge is 2.17. The molecule has 3 rings (SSSR count). The topological polar surface area (TPSA) is 95.7 Å². The van der Waals surface area contributed by atoms with Crippen molar-refractivity contribution in [3.8, 4) is 6.07 Å². The fraction of sp³-hybridized carbons (Fsp3) is 0. The van der Waals surface area contributed by atoms with E-state index in [1.807, 2.05) is 30.3 Å². The predicted molar refractivity (Wildman–Crippen MR) is 79.4 cm³/mol. The van der Waals surface area contributed by atoms with Gasteiger partial charge < -0.3 is 0 Å². The van der Waals surface area contributed by atoms with Crippen LogP contribution in [0.2, 0.25) is 0 Å². The first-order valence-electron chi connectivity index (χ1n) is 5.83. The number of nitriles is 1. The SMILES string of the molecule is N#Cc1ccc(S(=O)(=O)Nc2nc3ccccc3s2)cn1. The van der Waals surface area contributed by atoms with E-state index in [2.05, 4.69) is 14.7 Å². The van der Waals surface area contributed by atoms with E-state index in [0.29, 0.717) is 5.13 Å². The molecule has 0 aliphatic rings. The average Bonchev–Trinajstić information content (AvgIpc) is 2.88. The predicted octanol–water partition coefficient (Wildman–Crippen LogP) is 2.36. The quantitative estimate of drug-likeness (QED) is 0.800. The molecule has 2 aromatic heterocycles. The number of pyridine rings is 1. The van der Waals surface area contributed by atoms with Gasteiger partial charge in [-0.15, -0.1) is 0 Å². The van der Waals surface area contributed by atoms with Crippen LogP contribution in [0, 0.1) is 11.3 Å². The number of thiazole rings is 1. The van der Waals surface area contributed by atoms with Crippen LogP contribution in [0.5, 0.6) is 0 Å². The van der Waals surface area contributed by atoms with Gasteiger partial charge in [-0.2, -0.15) is 5.26 Å². The molecule has 3 aromatic rings. The van der Waals surface area contributed by atoms with E-state index in [0.717, 1.165) is 16.4 Å². The van der Waals surface area contributed by atoms with Gasteiger partial charge in [0.15, 0.2) is 5.13 Å². The molecule has 2 heterocycles. The molecule has 0 saturated carbocycles. The van der Waals surface area contributed by atoms with Crippen LogP contribution in [0.3, 0.4) is 0 Å². The summed E-state index contributed by atoms with van der Waals surface area (Å²) in [5.74, 6) is 0. The van der Waals surface area contributed by atoms with Crippen molar-refractivity contribution in [1.29, 1.82) is 5.26 Å². The number of aromatic nitrogens is 2. The van der Waals surface area contributed by atoms with Crippen LogP contribution in [0.4, 0.5) is 5.13 Å². The number of rotatable bonds is 3. The molecule has 0 aliphatic carbocycles. The molecule has 0 spiro atoms. The molecule has 0 fully saturated rings. The molecule has 1 aromatic carbocycles. The fourth-order valence-corrected chi connectivity index (χ4v) is 3.74. The summed E-state index contributed by atoms with van der Waals surface area (Å²) in [4.78, 5) is 7.95. The zero-order valence-corrected chi connectivity index (χ0v) is 12.1. The number of hydrogen-bond donors (Lipinski definition) is 1. The van der Waals surface area contributed by atoms with Crippen LogP contribution >= 0.6 is 11.3 Å². The maximum absolute atomic E-state index is 12.2. The Morgan fingerprint density at radius 3 is 2.67 bits per heavy atom. The second-order valence-corrected chi connectivity index (χ2v) is 6.80. The summed E-state index contributed by atoms with van der Waals surface area (Å²) in [6.07, 6.45) is 1.15. The Hall–Kier alpha value is -2.50. The lowest BCUT2D eigenvalue weighted by Gasteiger charge is -2.04. The van der Waals surface area contributed by atoms with Crippen LogP contribution < -0.4 is 4.72 Å². The van der Waals surface area contributed by atoms with Crippen LogP contribution in [0.25, 0.3) is 10.2 Å². The van der Waals surface area contributed by atoms with Gasteiger partial charge in [-0.25, -0.2) is 18.4 Å². The van der Waals surface area contributed by atoms with Gasteiger partial charge in [0.2, 0.25) is 0 Å². The molecule has 0 unspecified atom stereocenters. The number of hydrogen-bond acceptors (Lipinski definition) is 6. The van der Waals surface area contributed by atoms with E-state index in [4.69, 9.17) is 5.26 Å². The molecule has 0 aliphatic heterocycles. The summed E-state index contributed by atoms with van der Waals surface area (Å²) in [5, 5.41) is 8.95. The Morgan fingerprint density at radius 2 is 2.00 bits per heavy atom. The molecule has 8 heteroatoms. The summed E-state index contributed by atoms with van der Waals surface area (Å²) in [6.45, 7) is 0. The summed E-state index contributed by atoms with van der Waals surface area (Å²) in [6, 6.07) is 11.9. The number of para-hydroxylation sites is 1. The van der Waals surface area contributed by atoms with Crippen LogP contribution in [-0.4, -0.2) is 18.4 Å². The molecule has 21 heavy (non-hydrogen) atoms. The van der Waals surface area contributed by atoms with E-state index < -0.39 is 10.0 Å². The van der Waals surface area contributed by atoms with Gasteiger partial charge in [-0.3, -0.25) is 4.72 Å². The normalized spacial score (nSPS) is 11.2. The summed E-state index contributed by atoms with van der Waals surface area (Å²) >= 11 is 1.25. The third kappa shape index (κ3) is 2.69. The van der Waals surface area contributed by atoms with Gasteiger partial charge in [0.05, 0.1) is 10.2 Å². The van der Waals surface area contributed by atoms with E-state index >= 15 is 0 Å². The Morgan fingerprint density at radius 1 is 1.19 bits per heavy atom. The second kappa shape index (κ2) is 5.12. The van der Waals surface area contributed by atoms with Crippen molar-refractivity contribution >= 4 is 36.7 Å². The third-order valence-corrected chi connectivity index (χ3v) is 5.08. The van der Waals surface area contributed by atoms with Gasteiger partial charge in [0.25, 0.3) is 10.0 Å². The Bertz CT molecular complexity index is 907. The van der Waals surface area contributed by atoms with Crippen molar-refractivity contribution in [1.82, 2.24) is 9.97 Å². The summed E-state index contributed by atoms with van der Waals surface area (Å²) in [5.41, 5.74) is 0.895. The minimum absolute atomic E-state index is 0.0132.